The SMILES string of the molecule is COCC1CCN(C(=O)NCc2ccc(C(=O)O)cc2)CC1. The van der Waals surface area contributed by atoms with Gasteiger partial charge in [-0.05, 0) is 36.5 Å². The van der Waals surface area contributed by atoms with Gasteiger partial charge in [-0.25, -0.2) is 9.59 Å². The minimum absolute atomic E-state index is 0.0711. The lowest BCUT2D eigenvalue weighted by Crippen LogP contribution is -2.44. The average Bonchev–Trinajstić information content (AvgIpc) is 2.54. The van der Waals surface area contributed by atoms with Crippen molar-refractivity contribution in [3.8, 4) is 0 Å². The normalized spacial score (nSPS) is 15.6. The van der Waals surface area contributed by atoms with Gasteiger partial charge in [-0.1, -0.05) is 12.1 Å². The zero-order valence-corrected chi connectivity index (χ0v) is 12.7. The number of urea groups is 1. The van der Waals surface area contributed by atoms with Crippen molar-refractivity contribution in [2.45, 2.75) is 19.4 Å². The fourth-order valence-electron chi connectivity index (χ4n) is 2.59. The number of carboxylic acid groups (broad SMARTS) is 1. The van der Waals surface area contributed by atoms with Gasteiger partial charge in [0.2, 0.25) is 0 Å². The minimum Gasteiger partial charge on any atom is -0.478 e. The number of carbonyl (C=O) groups excluding carboxylic acids is 1. The van der Waals surface area contributed by atoms with Crippen LogP contribution in [0.25, 0.3) is 0 Å². The number of methoxy groups -OCH3 is 1. The molecule has 0 atom stereocenters. The van der Waals surface area contributed by atoms with E-state index < -0.39 is 5.97 Å². The number of carbonyl (C=O) groups is 2. The molecule has 1 aromatic rings. The molecule has 0 spiro atoms. The Morgan fingerprint density at radius 3 is 2.45 bits per heavy atom. The van der Waals surface area contributed by atoms with Crippen molar-refractivity contribution < 1.29 is 19.4 Å². The van der Waals surface area contributed by atoms with Crippen LogP contribution in [0.15, 0.2) is 24.3 Å². The van der Waals surface area contributed by atoms with Gasteiger partial charge in [0.05, 0.1) is 5.56 Å². The summed E-state index contributed by atoms with van der Waals surface area (Å²) in [6, 6.07) is 6.45. The summed E-state index contributed by atoms with van der Waals surface area (Å²) >= 11 is 0. The van der Waals surface area contributed by atoms with Gasteiger partial charge in [-0.3, -0.25) is 0 Å². The average molecular weight is 306 g/mol. The van der Waals surface area contributed by atoms with E-state index in [-0.39, 0.29) is 11.6 Å². The molecule has 1 aliphatic rings. The minimum atomic E-state index is -0.950. The second kappa shape index (κ2) is 7.79. The van der Waals surface area contributed by atoms with Crippen molar-refractivity contribution in [2.24, 2.45) is 5.92 Å². The molecule has 0 radical (unpaired) electrons. The number of nitrogens with zero attached hydrogens (tertiary/aromatic N) is 1. The number of nitrogens with one attached hydrogen (secondary N) is 1. The first-order chi connectivity index (χ1) is 10.6. The van der Waals surface area contributed by atoms with Crippen LogP contribution in [0, 0.1) is 5.92 Å². The van der Waals surface area contributed by atoms with Crippen LogP contribution in [-0.4, -0.2) is 48.8 Å². The first-order valence-electron chi connectivity index (χ1n) is 7.44. The van der Waals surface area contributed by atoms with Crippen molar-refractivity contribution >= 4 is 12.0 Å². The molecule has 1 heterocycles. The van der Waals surface area contributed by atoms with E-state index >= 15 is 0 Å². The van der Waals surface area contributed by atoms with Crippen LogP contribution >= 0.6 is 0 Å². The van der Waals surface area contributed by atoms with Crippen LogP contribution in [0.4, 0.5) is 4.79 Å². The maximum absolute atomic E-state index is 12.1. The molecule has 0 bridgehead atoms. The molecule has 6 heteroatoms. The number of hydrogen-bond donors (Lipinski definition) is 2. The molecule has 0 unspecified atom stereocenters. The summed E-state index contributed by atoms with van der Waals surface area (Å²) in [6.07, 6.45) is 1.93. The monoisotopic (exact) mass is 306 g/mol. The number of rotatable bonds is 5. The predicted octanol–water partition coefficient (Wildman–Crippen LogP) is 1.95. The first kappa shape index (κ1) is 16.3. The lowest BCUT2D eigenvalue weighted by molar-refractivity contribution is 0.0697. The van der Waals surface area contributed by atoms with Gasteiger partial charge >= 0.3 is 12.0 Å². The Balaban J connectivity index is 1.77. The Bertz CT molecular complexity index is 507. The molecule has 0 aliphatic carbocycles. The van der Waals surface area contributed by atoms with Crippen molar-refractivity contribution in [1.82, 2.24) is 10.2 Å². The summed E-state index contributed by atoms with van der Waals surface area (Å²) in [7, 11) is 1.70. The second-order valence-corrected chi connectivity index (χ2v) is 5.55. The van der Waals surface area contributed by atoms with Crippen LogP contribution < -0.4 is 5.32 Å². The lowest BCUT2D eigenvalue weighted by Gasteiger charge is -2.31. The summed E-state index contributed by atoms with van der Waals surface area (Å²) in [6.45, 7) is 2.65. The van der Waals surface area contributed by atoms with E-state index in [1.807, 2.05) is 4.90 Å². The second-order valence-electron chi connectivity index (χ2n) is 5.55. The van der Waals surface area contributed by atoms with Gasteiger partial charge in [0.1, 0.15) is 0 Å². The number of likely N-dealkylation sites (tertiary alicyclic amines) is 1. The maximum Gasteiger partial charge on any atom is 0.335 e. The fourth-order valence-corrected chi connectivity index (χ4v) is 2.59. The molecule has 0 aromatic heterocycles. The highest BCUT2D eigenvalue weighted by molar-refractivity contribution is 5.87. The largest absolute Gasteiger partial charge is 0.478 e. The molecular weight excluding hydrogens is 284 g/mol. The Kier molecular flexibility index (Phi) is 5.77. The number of carboxylic acids is 1. The summed E-state index contributed by atoms with van der Waals surface area (Å²) < 4.78 is 5.15. The third-order valence-corrected chi connectivity index (χ3v) is 3.95. The van der Waals surface area contributed by atoms with Crippen molar-refractivity contribution in [1.29, 1.82) is 0 Å². The number of ether oxygens (including phenoxy) is 1. The van der Waals surface area contributed by atoms with Crippen LogP contribution in [0.1, 0.15) is 28.8 Å². The lowest BCUT2D eigenvalue weighted by atomic mass is 9.98. The van der Waals surface area contributed by atoms with Crippen LogP contribution in [0.5, 0.6) is 0 Å². The van der Waals surface area contributed by atoms with Gasteiger partial charge in [-0.15, -0.1) is 0 Å². The first-order valence-corrected chi connectivity index (χ1v) is 7.44. The molecule has 2 N–H and O–H groups in total. The van der Waals surface area contributed by atoms with Crippen LogP contribution in [0.3, 0.4) is 0 Å². The zero-order chi connectivity index (χ0) is 15.9. The van der Waals surface area contributed by atoms with E-state index in [1.54, 1.807) is 31.4 Å². The van der Waals surface area contributed by atoms with E-state index in [0.717, 1.165) is 38.1 Å². The number of hydrogen-bond acceptors (Lipinski definition) is 3. The number of amides is 2. The maximum atomic E-state index is 12.1. The Hall–Kier alpha value is -2.08. The van der Waals surface area contributed by atoms with Crippen molar-refractivity contribution in [3.05, 3.63) is 35.4 Å². The molecule has 1 saturated heterocycles. The van der Waals surface area contributed by atoms with Gasteiger partial charge in [0.25, 0.3) is 0 Å². The fraction of sp³-hybridized carbons (Fsp3) is 0.500. The molecule has 22 heavy (non-hydrogen) atoms. The highest BCUT2D eigenvalue weighted by Crippen LogP contribution is 2.17. The van der Waals surface area contributed by atoms with E-state index in [1.165, 1.54) is 0 Å². The van der Waals surface area contributed by atoms with Crippen LogP contribution in [0.2, 0.25) is 0 Å². The molecular formula is C16H22N2O4. The summed E-state index contributed by atoms with van der Waals surface area (Å²) in [5.74, 6) is -0.410. The van der Waals surface area contributed by atoms with Crippen molar-refractivity contribution in [2.75, 3.05) is 26.8 Å². The molecule has 1 aromatic carbocycles. The van der Waals surface area contributed by atoms with Crippen molar-refractivity contribution in [3.63, 3.8) is 0 Å². The number of aromatic carboxylic acids is 1. The molecule has 1 aliphatic heterocycles. The van der Waals surface area contributed by atoms with E-state index in [9.17, 15) is 9.59 Å². The molecule has 0 saturated carbocycles. The topological polar surface area (TPSA) is 78.9 Å². The van der Waals surface area contributed by atoms with Crippen LogP contribution in [-0.2, 0) is 11.3 Å². The third kappa shape index (κ3) is 4.46. The molecule has 1 fully saturated rings. The van der Waals surface area contributed by atoms with E-state index in [0.29, 0.717) is 12.5 Å². The highest BCUT2D eigenvalue weighted by atomic mass is 16.5. The van der Waals surface area contributed by atoms with Gasteiger partial charge in [-0.2, -0.15) is 0 Å². The van der Waals surface area contributed by atoms with E-state index in [2.05, 4.69) is 5.32 Å². The quantitative estimate of drug-likeness (QED) is 0.871. The molecule has 2 rings (SSSR count). The standard InChI is InChI=1S/C16H22N2O4/c1-22-11-13-6-8-18(9-7-13)16(21)17-10-12-2-4-14(5-3-12)15(19)20/h2-5,13H,6-11H2,1H3,(H,17,21)(H,19,20). The van der Waals surface area contributed by atoms with Gasteiger partial charge in [0, 0.05) is 33.4 Å². The Morgan fingerprint density at radius 1 is 1.27 bits per heavy atom. The third-order valence-electron chi connectivity index (χ3n) is 3.95. The predicted molar refractivity (Wildman–Crippen MR) is 81.8 cm³/mol. The Labute approximate surface area is 130 Å². The number of piperidine rings is 1. The summed E-state index contributed by atoms with van der Waals surface area (Å²) in [5, 5.41) is 11.7. The van der Waals surface area contributed by atoms with Gasteiger partial charge < -0.3 is 20.1 Å². The summed E-state index contributed by atoms with van der Waals surface area (Å²) in [5.41, 5.74) is 1.13. The molecule has 6 nitrogen and oxygen atoms in total. The highest BCUT2D eigenvalue weighted by Gasteiger charge is 2.22. The molecule has 2 amide bonds. The Morgan fingerprint density at radius 2 is 1.91 bits per heavy atom. The summed E-state index contributed by atoms with van der Waals surface area (Å²) in [4.78, 5) is 24.7. The smallest absolute Gasteiger partial charge is 0.335 e. The number of benzene rings is 1. The zero-order valence-electron chi connectivity index (χ0n) is 12.7. The molecule has 120 valence electrons. The van der Waals surface area contributed by atoms with Gasteiger partial charge in [0.15, 0.2) is 0 Å². The van der Waals surface area contributed by atoms with E-state index in [4.69, 9.17) is 9.84 Å².